The zero-order chi connectivity index (χ0) is 24.9. The maximum atomic E-state index is 15.0. The largest absolute Gasteiger partial charge is 0.416 e. The van der Waals surface area contributed by atoms with Crippen LogP contribution in [-0.4, -0.2) is 29.7 Å². The normalized spacial score (nSPS) is 11.9. The Morgan fingerprint density at radius 3 is 2.26 bits per heavy atom. The number of halogens is 4. The average Bonchev–Trinajstić information content (AvgIpc) is 3.25. The number of fused-ring (bicyclic) bond motifs is 1. The summed E-state index contributed by atoms with van der Waals surface area (Å²) in [5.41, 5.74) is 2.89. The standard InChI is InChI=1S/C25H18F4N6/c1-13-14(2)32-24-22(31-13)21(19-8-7-18(10-20(19)26)25(27,28)29)33-23(34-24)16-6-4-5-15(9-16)17-11-30-35(3)12-17/h4-12H,1-3H3. The molecule has 5 aromatic rings. The third kappa shape index (κ3) is 4.23. The number of rotatable bonds is 3. The number of benzene rings is 2. The smallest absolute Gasteiger partial charge is 0.275 e. The Bertz CT molecular complexity index is 1590. The second-order valence-corrected chi connectivity index (χ2v) is 8.14. The Labute approximate surface area is 197 Å². The van der Waals surface area contributed by atoms with Crippen LogP contribution < -0.4 is 0 Å². The van der Waals surface area contributed by atoms with Crippen molar-refractivity contribution in [2.75, 3.05) is 0 Å². The van der Waals surface area contributed by atoms with E-state index >= 15 is 0 Å². The van der Waals surface area contributed by atoms with Gasteiger partial charge in [-0.3, -0.25) is 4.68 Å². The second-order valence-electron chi connectivity index (χ2n) is 8.14. The Morgan fingerprint density at radius 1 is 0.829 bits per heavy atom. The summed E-state index contributed by atoms with van der Waals surface area (Å²) in [6.07, 6.45) is -1.08. The predicted molar refractivity (Wildman–Crippen MR) is 123 cm³/mol. The molecule has 0 saturated carbocycles. The molecule has 0 fully saturated rings. The first-order valence-electron chi connectivity index (χ1n) is 10.6. The zero-order valence-corrected chi connectivity index (χ0v) is 18.9. The molecule has 35 heavy (non-hydrogen) atoms. The highest BCUT2D eigenvalue weighted by Crippen LogP contribution is 2.35. The molecule has 2 aromatic carbocycles. The maximum absolute atomic E-state index is 15.0. The Morgan fingerprint density at radius 2 is 1.57 bits per heavy atom. The van der Waals surface area contributed by atoms with Gasteiger partial charge in [0, 0.05) is 29.9 Å². The average molecular weight is 478 g/mol. The van der Waals surface area contributed by atoms with E-state index in [-0.39, 0.29) is 28.2 Å². The lowest BCUT2D eigenvalue weighted by Gasteiger charge is -2.12. The summed E-state index contributed by atoms with van der Waals surface area (Å²) in [6.45, 7) is 3.50. The van der Waals surface area contributed by atoms with Crippen LogP contribution in [0.1, 0.15) is 17.0 Å². The van der Waals surface area contributed by atoms with Crippen molar-refractivity contribution in [1.29, 1.82) is 0 Å². The molecule has 10 heteroatoms. The highest BCUT2D eigenvalue weighted by molar-refractivity contribution is 5.89. The third-order valence-corrected chi connectivity index (χ3v) is 5.65. The number of nitrogens with zero attached hydrogens (tertiary/aromatic N) is 6. The Balaban J connectivity index is 1.73. The van der Waals surface area contributed by atoms with Crippen molar-refractivity contribution in [3.63, 3.8) is 0 Å². The lowest BCUT2D eigenvalue weighted by molar-refractivity contribution is -0.137. The van der Waals surface area contributed by atoms with Crippen LogP contribution in [0.15, 0.2) is 54.9 Å². The van der Waals surface area contributed by atoms with Gasteiger partial charge in [0.1, 0.15) is 17.0 Å². The fraction of sp³-hybridized carbons (Fsp3) is 0.160. The molecule has 3 heterocycles. The molecule has 0 aliphatic rings. The molecule has 6 nitrogen and oxygen atoms in total. The van der Waals surface area contributed by atoms with Gasteiger partial charge in [-0.2, -0.15) is 18.3 Å². The number of aryl methyl sites for hydroxylation is 3. The molecule has 0 N–H and O–H groups in total. The first-order valence-corrected chi connectivity index (χ1v) is 10.6. The molecular weight excluding hydrogens is 460 g/mol. The van der Waals surface area contributed by atoms with Gasteiger partial charge in [0.15, 0.2) is 11.5 Å². The van der Waals surface area contributed by atoms with Crippen molar-refractivity contribution >= 4 is 11.2 Å². The minimum absolute atomic E-state index is 0.0682. The number of hydrogen-bond donors (Lipinski definition) is 0. The molecule has 0 radical (unpaired) electrons. The van der Waals surface area contributed by atoms with Crippen molar-refractivity contribution < 1.29 is 17.6 Å². The minimum atomic E-state index is -4.67. The van der Waals surface area contributed by atoms with Gasteiger partial charge >= 0.3 is 6.18 Å². The summed E-state index contributed by atoms with van der Waals surface area (Å²) in [4.78, 5) is 18.1. The molecule has 0 atom stereocenters. The lowest BCUT2D eigenvalue weighted by atomic mass is 10.0. The SMILES string of the molecule is Cc1nc2nc(-c3cccc(-c4cnn(C)c4)c3)nc(-c3ccc(C(F)(F)F)cc3F)c2nc1C. The van der Waals surface area contributed by atoms with Gasteiger partial charge in [-0.1, -0.05) is 18.2 Å². The second kappa shape index (κ2) is 8.23. The van der Waals surface area contributed by atoms with Crippen molar-refractivity contribution in [1.82, 2.24) is 29.7 Å². The van der Waals surface area contributed by atoms with Crippen LogP contribution in [0.4, 0.5) is 17.6 Å². The summed E-state index contributed by atoms with van der Waals surface area (Å²) >= 11 is 0. The van der Waals surface area contributed by atoms with E-state index in [1.807, 2.05) is 31.4 Å². The third-order valence-electron chi connectivity index (χ3n) is 5.65. The molecule has 3 aromatic heterocycles. The van der Waals surface area contributed by atoms with Crippen LogP contribution in [0, 0.1) is 19.7 Å². The van der Waals surface area contributed by atoms with Crippen molar-refractivity contribution in [3.05, 3.63) is 77.6 Å². The number of aromatic nitrogens is 6. The van der Waals surface area contributed by atoms with E-state index in [2.05, 4.69) is 25.0 Å². The van der Waals surface area contributed by atoms with Crippen molar-refractivity contribution in [2.24, 2.45) is 7.05 Å². The van der Waals surface area contributed by atoms with E-state index in [1.54, 1.807) is 30.8 Å². The number of alkyl halides is 3. The maximum Gasteiger partial charge on any atom is 0.416 e. The quantitative estimate of drug-likeness (QED) is 0.301. The summed E-state index contributed by atoms with van der Waals surface area (Å²) in [6, 6.07) is 9.74. The highest BCUT2D eigenvalue weighted by atomic mass is 19.4. The van der Waals surface area contributed by atoms with Crippen LogP contribution in [0.3, 0.4) is 0 Å². The van der Waals surface area contributed by atoms with E-state index in [1.165, 1.54) is 0 Å². The van der Waals surface area contributed by atoms with Gasteiger partial charge in [0.2, 0.25) is 0 Å². The predicted octanol–water partition coefficient (Wildman–Crippen LogP) is 5.93. The Kier molecular flexibility index (Phi) is 5.31. The molecule has 0 aliphatic carbocycles. The van der Waals surface area contributed by atoms with Crippen molar-refractivity contribution in [3.8, 4) is 33.8 Å². The van der Waals surface area contributed by atoms with Gasteiger partial charge in [0.05, 0.1) is 23.1 Å². The van der Waals surface area contributed by atoms with Crippen LogP contribution >= 0.6 is 0 Å². The van der Waals surface area contributed by atoms with E-state index in [4.69, 9.17) is 0 Å². The van der Waals surface area contributed by atoms with E-state index in [0.29, 0.717) is 23.0 Å². The van der Waals surface area contributed by atoms with Gasteiger partial charge in [-0.05, 0) is 43.7 Å². The molecule has 0 spiro atoms. The van der Waals surface area contributed by atoms with Gasteiger partial charge in [-0.25, -0.2) is 24.3 Å². The molecule has 176 valence electrons. The Hall–Kier alpha value is -4.21. The monoisotopic (exact) mass is 478 g/mol. The summed E-state index contributed by atoms with van der Waals surface area (Å²) < 4.78 is 55.9. The first kappa shape index (κ1) is 22.6. The molecule has 0 amide bonds. The topological polar surface area (TPSA) is 69.4 Å². The minimum Gasteiger partial charge on any atom is -0.275 e. The van der Waals surface area contributed by atoms with Crippen LogP contribution in [0.25, 0.3) is 44.9 Å². The molecule has 0 unspecified atom stereocenters. The van der Waals surface area contributed by atoms with Crippen molar-refractivity contribution in [2.45, 2.75) is 20.0 Å². The van der Waals surface area contributed by atoms with Crippen LogP contribution in [0.5, 0.6) is 0 Å². The molecule has 0 bridgehead atoms. The van der Waals surface area contributed by atoms with Gasteiger partial charge in [0.25, 0.3) is 0 Å². The molecule has 0 aliphatic heterocycles. The van der Waals surface area contributed by atoms with Crippen LogP contribution in [0.2, 0.25) is 0 Å². The fourth-order valence-electron chi connectivity index (χ4n) is 3.72. The lowest BCUT2D eigenvalue weighted by Crippen LogP contribution is -2.06. The number of hydrogen-bond acceptors (Lipinski definition) is 5. The summed E-state index contributed by atoms with van der Waals surface area (Å²) in [5, 5.41) is 4.19. The van der Waals surface area contributed by atoms with E-state index in [0.717, 1.165) is 23.3 Å². The van der Waals surface area contributed by atoms with Gasteiger partial charge < -0.3 is 0 Å². The van der Waals surface area contributed by atoms with Gasteiger partial charge in [-0.15, -0.1) is 0 Å². The van der Waals surface area contributed by atoms with Crippen LogP contribution in [-0.2, 0) is 13.2 Å². The summed E-state index contributed by atoms with van der Waals surface area (Å²) in [7, 11) is 1.81. The molecular formula is C25H18F4N6. The molecule has 0 saturated heterocycles. The van der Waals surface area contributed by atoms with E-state index in [9.17, 15) is 17.6 Å². The molecule has 5 rings (SSSR count). The zero-order valence-electron chi connectivity index (χ0n) is 18.9. The summed E-state index contributed by atoms with van der Waals surface area (Å²) in [5.74, 6) is -0.815. The first-order chi connectivity index (χ1) is 16.6. The fourth-order valence-corrected chi connectivity index (χ4v) is 3.72. The highest BCUT2D eigenvalue weighted by Gasteiger charge is 2.31. The van der Waals surface area contributed by atoms with E-state index < -0.39 is 17.6 Å².